The maximum Gasteiger partial charge on any atom is 0.140 e. The van der Waals surface area contributed by atoms with Crippen molar-refractivity contribution in [2.45, 2.75) is 26.4 Å². The van der Waals surface area contributed by atoms with Crippen LogP contribution in [0.5, 0.6) is 0 Å². The lowest BCUT2D eigenvalue weighted by molar-refractivity contribution is 0.238. The molecule has 0 saturated carbocycles. The molecular weight excluding hydrogens is 220 g/mol. The van der Waals surface area contributed by atoms with Crippen LogP contribution in [0.25, 0.3) is 0 Å². The Hall–Kier alpha value is -1.96. The first-order valence-corrected chi connectivity index (χ1v) is 6.07. The molecule has 1 unspecified atom stereocenters. The van der Waals surface area contributed by atoms with Gasteiger partial charge in [0.25, 0.3) is 0 Å². The summed E-state index contributed by atoms with van der Waals surface area (Å²) in [5.74, 6) is 12.1. The second-order valence-electron chi connectivity index (χ2n) is 4.35. The number of allylic oxidation sites excluding steroid dienone is 2. The molecule has 0 bridgehead atoms. The Morgan fingerprint density at radius 3 is 2.44 bits per heavy atom. The maximum atomic E-state index is 9.75. The number of aliphatic hydroxyl groups excluding tert-OH is 1. The predicted molar refractivity (Wildman–Crippen MR) is 75.5 cm³/mol. The summed E-state index contributed by atoms with van der Waals surface area (Å²) in [5.41, 5.74) is 0.810. The molecule has 1 rings (SSSR count). The van der Waals surface area contributed by atoms with Gasteiger partial charge >= 0.3 is 0 Å². The van der Waals surface area contributed by atoms with E-state index in [1.54, 1.807) is 12.2 Å². The fourth-order valence-corrected chi connectivity index (χ4v) is 1.25. The van der Waals surface area contributed by atoms with E-state index < -0.39 is 6.10 Å². The topological polar surface area (TPSA) is 20.2 Å². The number of rotatable bonds is 2. The van der Waals surface area contributed by atoms with Crippen LogP contribution in [0.4, 0.5) is 0 Å². The third-order valence-corrected chi connectivity index (χ3v) is 2.20. The molecule has 1 heteroatoms. The highest BCUT2D eigenvalue weighted by Crippen LogP contribution is 2.09. The van der Waals surface area contributed by atoms with Crippen LogP contribution in [-0.4, -0.2) is 5.11 Å². The zero-order valence-electron chi connectivity index (χ0n) is 10.9. The van der Waals surface area contributed by atoms with Crippen molar-refractivity contribution >= 4 is 0 Å². The number of hydrogen-bond donors (Lipinski definition) is 1. The third kappa shape index (κ3) is 5.94. The van der Waals surface area contributed by atoms with Gasteiger partial charge in [-0.15, -0.1) is 0 Å². The fraction of sp³-hybridized carbons (Fsp3) is 0.294. The minimum absolute atomic E-state index is 0.594. The third-order valence-electron chi connectivity index (χ3n) is 2.20. The Kier molecular flexibility index (Phi) is 6.41. The molecule has 0 aliphatic carbocycles. The molecule has 0 aliphatic heterocycles. The first-order valence-electron chi connectivity index (χ1n) is 6.07. The van der Waals surface area contributed by atoms with Gasteiger partial charge in [0, 0.05) is 6.42 Å². The van der Waals surface area contributed by atoms with E-state index in [0.717, 1.165) is 12.0 Å². The second kappa shape index (κ2) is 8.18. The lowest BCUT2D eigenvalue weighted by Crippen LogP contribution is -1.91. The Labute approximate surface area is 110 Å². The van der Waals surface area contributed by atoms with Crippen LogP contribution in [0.1, 0.15) is 31.9 Å². The van der Waals surface area contributed by atoms with Gasteiger partial charge in [0.15, 0.2) is 0 Å². The van der Waals surface area contributed by atoms with Crippen molar-refractivity contribution < 1.29 is 5.11 Å². The van der Waals surface area contributed by atoms with Crippen molar-refractivity contribution in [1.82, 2.24) is 0 Å². The van der Waals surface area contributed by atoms with E-state index in [2.05, 4.69) is 37.5 Å². The average molecular weight is 238 g/mol. The van der Waals surface area contributed by atoms with E-state index in [1.165, 1.54) is 0 Å². The van der Waals surface area contributed by atoms with E-state index in [9.17, 15) is 5.11 Å². The van der Waals surface area contributed by atoms with Crippen LogP contribution in [0, 0.1) is 29.6 Å². The van der Waals surface area contributed by atoms with Crippen LogP contribution in [0.3, 0.4) is 0 Å². The number of hydrogen-bond acceptors (Lipinski definition) is 1. The Balaban J connectivity index is 2.46. The molecule has 0 aliphatic rings. The number of aliphatic hydroxyl groups is 1. The highest BCUT2D eigenvalue weighted by Gasteiger charge is 1.99. The van der Waals surface area contributed by atoms with E-state index in [-0.39, 0.29) is 0 Å². The summed E-state index contributed by atoms with van der Waals surface area (Å²) in [7, 11) is 0. The van der Waals surface area contributed by atoms with E-state index in [4.69, 9.17) is 0 Å². The van der Waals surface area contributed by atoms with Gasteiger partial charge in [-0.1, -0.05) is 67.9 Å². The molecule has 0 saturated heterocycles. The van der Waals surface area contributed by atoms with Gasteiger partial charge in [-0.2, -0.15) is 0 Å². The van der Waals surface area contributed by atoms with Crippen molar-refractivity contribution in [3.8, 4) is 23.7 Å². The normalized spacial score (nSPS) is 11.6. The summed E-state index contributed by atoms with van der Waals surface area (Å²) in [4.78, 5) is 0. The van der Waals surface area contributed by atoms with Crippen LogP contribution >= 0.6 is 0 Å². The lowest BCUT2D eigenvalue weighted by atomic mass is 10.1. The summed E-state index contributed by atoms with van der Waals surface area (Å²) in [5, 5.41) is 9.75. The molecule has 1 aromatic rings. The maximum absolute atomic E-state index is 9.75. The first-order chi connectivity index (χ1) is 8.70. The van der Waals surface area contributed by atoms with Gasteiger partial charge in [-0.05, 0) is 23.6 Å². The molecule has 1 aromatic carbocycles. The lowest BCUT2D eigenvalue weighted by Gasteiger charge is -2.01. The molecule has 18 heavy (non-hydrogen) atoms. The summed E-state index contributed by atoms with van der Waals surface area (Å²) >= 11 is 0. The zero-order valence-corrected chi connectivity index (χ0v) is 10.9. The monoisotopic (exact) mass is 238 g/mol. The molecule has 0 aromatic heterocycles. The van der Waals surface area contributed by atoms with E-state index in [0.29, 0.717) is 5.92 Å². The average Bonchev–Trinajstić information content (AvgIpc) is 2.38. The summed E-state index contributed by atoms with van der Waals surface area (Å²) < 4.78 is 0. The smallest absolute Gasteiger partial charge is 0.140 e. The van der Waals surface area contributed by atoms with Gasteiger partial charge in [0.1, 0.15) is 6.10 Å². The minimum Gasteiger partial charge on any atom is -0.376 e. The van der Waals surface area contributed by atoms with Crippen LogP contribution < -0.4 is 0 Å². The summed E-state index contributed by atoms with van der Waals surface area (Å²) in [6.07, 6.45) is 3.54. The van der Waals surface area contributed by atoms with Crippen molar-refractivity contribution in [2.75, 3.05) is 0 Å². The fourth-order valence-electron chi connectivity index (χ4n) is 1.25. The van der Waals surface area contributed by atoms with Crippen molar-refractivity contribution in [3.05, 3.63) is 48.0 Å². The summed E-state index contributed by atoms with van der Waals surface area (Å²) in [6.45, 7) is 4.27. The van der Waals surface area contributed by atoms with E-state index in [1.807, 2.05) is 30.3 Å². The Morgan fingerprint density at radius 1 is 1.11 bits per heavy atom. The first kappa shape index (κ1) is 14.1. The molecule has 0 spiro atoms. The molecular formula is C17H18O. The molecule has 92 valence electrons. The molecule has 1 atom stereocenters. The molecule has 0 fully saturated rings. The van der Waals surface area contributed by atoms with Crippen molar-refractivity contribution in [2.24, 2.45) is 5.92 Å². The van der Waals surface area contributed by atoms with Crippen LogP contribution in [0.2, 0.25) is 0 Å². The van der Waals surface area contributed by atoms with Crippen LogP contribution in [-0.2, 0) is 0 Å². The van der Waals surface area contributed by atoms with Gasteiger partial charge in [-0.25, -0.2) is 0 Å². The molecule has 0 radical (unpaired) electrons. The van der Waals surface area contributed by atoms with Gasteiger partial charge < -0.3 is 5.11 Å². The second-order valence-corrected chi connectivity index (χ2v) is 4.35. The highest BCUT2D eigenvalue weighted by atomic mass is 16.3. The Morgan fingerprint density at radius 2 is 1.78 bits per heavy atom. The quantitative estimate of drug-likeness (QED) is 0.784. The minimum atomic E-state index is -0.737. The molecule has 0 amide bonds. The standard InChI is InChI=1S/C17H18O/c1-15(2)11-7-4-3-5-10-14-17(18)16-12-8-6-9-13-16/h3,5-6,8-9,12-13,15,17-18H,11H2,1-2H3/b5-3-. The molecule has 1 N–H and O–H groups in total. The summed E-state index contributed by atoms with van der Waals surface area (Å²) in [6, 6.07) is 9.38. The Bertz CT molecular complexity index is 489. The highest BCUT2D eigenvalue weighted by molar-refractivity contribution is 5.30. The van der Waals surface area contributed by atoms with Crippen LogP contribution in [0.15, 0.2) is 42.5 Å². The van der Waals surface area contributed by atoms with Gasteiger partial charge in [0.2, 0.25) is 0 Å². The van der Waals surface area contributed by atoms with Gasteiger partial charge in [-0.3, -0.25) is 0 Å². The van der Waals surface area contributed by atoms with Crippen molar-refractivity contribution in [1.29, 1.82) is 0 Å². The van der Waals surface area contributed by atoms with E-state index >= 15 is 0 Å². The predicted octanol–water partition coefficient (Wildman–Crippen LogP) is 3.33. The number of benzene rings is 1. The van der Waals surface area contributed by atoms with Crippen molar-refractivity contribution in [3.63, 3.8) is 0 Å². The zero-order chi connectivity index (χ0) is 13.2. The molecule has 1 nitrogen and oxygen atoms in total. The SMILES string of the molecule is CC(C)CC#C/C=C\C#CC(O)c1ccccc1. The van der Waals surface area contributed by atoms with Gasteiger partial charge in [0.05, 0.1) is 0 Å². The molecule has 0 heterocycles. The largest absolute Gasteiger partial charge is 0.376 e.